The summed E-state index contributed by atoms with van der Waals surface area (Å²) in [6, 6.07) is 0. The number of aromatic nitrogens is 2. The number of nitrogens with one attached hydrogen (secondary N) is 1. The van der Waals surface area contributed by atoms with E-state index in [0.717, 1.165) is 19.0 Å². The second-order valence-corrected chi connectivity index (χ2v) is 4.20. The van der Waals surface area contributed by atoms with E-state index < -0.39 is 0 Å². The second kappa shape index (κ2) is 4.13. The molecule has 1 fully saturated rings. The summed E-state index contributed by atoms with van der Waals surface area (Å²) in [5.74, 6) is 1.48. The summed E-state index contributed by atoms with van der Waals surface area (Å²) in [4.78, 5) is 4.21. The van der Waals surface area contributed by atoms with Crippen LogP contribution in [0.1, 0.15) is 31.4 Å². The third-order valence-electron chi connectivity index (χ3n) is 3.37. The van der Waals surface area contributed by atoms with Gasteiger partial charge in [-0.05, 0) is 25.4 Å². The van der Waals surface area contributed by atoms with Gasteiger partial charge < -0.3 is 9.88 Å². The minimum Gasteiger partial charge on any atom is -0.337 e. The normalized spacial score (nSPS) is 27.9. The highest BCUT2D eigenvalue weighted by Crippen LogP contribution is 2.31. The Morgan fingerprint density at radius 1 is 1.64 bits per heavy atom. The molecule has 2 atom stereocenters. The van der Waals surface area contributed by atoms with Gasteiger partial charge in [0, 0.05) is 24.9 Å². The standard InChI is InChI=1S/C11H19N3/c1-3-9-6-12-5-4-10(9)11-7-13-8-14(11)2/h7-10,12H,3-6H2,1-2H3. The fourth-order valence-corrected chi connectivity index (χ4v) is 2.47. The van der Waals surface area contributed by atoms with Gasteiger partial charge in [0.2, 0.25) is 0 Å². The largest absolute Gasteiger partial charge is 0.337 e. The van der Waals surface area contributed by atoms with Crippen LogP contribution in [0.25, 0.3) is 0 Å². The van der Waals surface area contributed by atoms with Gasteiger partial charge in [0.15, 0.2) is 0 Å². The number of nitrogens with zero attached hydrogens (tertiary/aromatic N) is 2. The summed E-state index contributed by atoms with van der Waals surface area (Å²) in [5.41, 5.74) is 1.40. The van der Waals surface area contributed by atoms with Gasteiger partial charge >= 0.3 is 0 Å². The lowest BCUT2D eigenvalue weighted by Gasteiger charge is -2.31. The Kier molecular flexibility index (Phi) is 2.87. The van der Waals surface area contributed by atoms with Crippen molar-refractivity contribution in [2.24, 2.45) is 13.0 Å². The number of aryl methyl sites for hydroxylation is 1. The third kappa shape index (κ3) is 1.69. The molecule has 3 nitrogen and oxygen atoms in total. The van der Waals surface area contributed by atoms with Crippen LogP contribution < -0.4 is 5.32 Å². The highest BCUT2D eigenvalue weighted by molar-refractivity contribution is 5.09. The minimum atomic E-state index is 0.703. The first kappa shape index (κ1) is 9.71. The fourth-order valence-electron chi connectivity index (χ4n) is 2.47. The van der Waals surface area contributed by atoms with Crippen LogP contribution in [-0.4, -0.2) is 22.6 Å². The molecule has 1 aromatic rings. The monoisotopic (exact) mass is 193 g/mol. The first-order valence-electron chi connectivity index (χ1n) is 5.50. The first-order chi connectivity index (χ1) is 6.83. The Hall–Kier alpha value is -0.830. The topological polar surface area (TPSA) is 29.9 Å². The average molecular weight is 193 g/mol. The number of rotatable bonds is 2. The molecule has 3 heteroatoms. The van der Waals surface area contributed by atoms with E-state index in [-0.39, 0.29) is 0 Å². The minimum absolute atomic E-state index is 0.703. The van der Waals surface area contributed by atoms with Crippen molar-refractivity contribution in [3.63, 3.8) is 0 Å². The van der Waals surface area contributed by atoms with E-state index in [9.17, 15) is 0 Å². The summed E-state index contributed by atoms with van der Waals surface area (Å²) >= 11 is 0. The fraction of sp³-hybridized carbons (Fsp3) is 0.727. The van der Waals surface area contributed by atoms with Crippen LogP contribution in [0, 0.1) is 5.92 Å². The molecule has 2 unspecified atom stereocenters. The van der Waals surface area contributed by atoms with E-state index in [4.69, 9.17) is 0 Å². The average Bonchev–Trinajstić information content (AvgIpc) is 2.64. The van der Waals surface area contributed by atoms with E-state index in [1.807, 2.05) is 12.5 Å². The molecule has 1 N–H and O–H groups in total. The van der Waals surface area contributed by atoms with Crippen molar-refractivity contribution >= 4 is 0 Å². The maximum absolute atomic E-state index is 4.21. The quantitative estimate of drug-likeness (QED) is 0.772. The smallest absolute Gasteiger partial charge is 0.0945 e. The van der Waals surface area contributed by atoms with Gasteiger partial charge in [0.25, 0.3) is 0 Å². The van der Waals surface area contributed by atoms with Gasteiger partial charge in [-0.15, -0.1) is 0 Å². The number of piperidine rings is 1. The van der Waals surface area contributed by atoms with Crippen LogP contribution in [0.3, 0.4) is 0 Å². The maximum Gasteiger partial charge on any atom is 0.0945 e. The van der Waals surface area contributed by atoms with Crippen LogP contribution in [0.2, 0.25) is 0 Å². The van der Waals surface area contributed by atoms with E-state index >= 15 is 0 Å². The number of imidazole rings is 1. The van der Waals surface area contributed by atoms with Crippen molar-refractivity contribution in [2.75, 3.05) is 13.1 Å². The van der Waals surface area contributed by atoms with Crippen molar-refractivity contribution in [3.8, 4) is 0 Å². The van der Waals surface area contributed by atoms with Crippen molar-refractivity contribution in [1.29, 1.82) is 0 Å². The molecule has 78 valence electrons. The van der Waals surface area contributed by atoms with Crippen LogP contribution in [-0.2, 0) is 7.05 Å². The number of hydrogen-bond acceptors (Lipinski definition) is 2. The molecule has 1 aliphatic heterocycles. The summed E-state index contributed by atoms with van der Waals surface area (Å²) in [6.07, 6.45) is 6.43. The molecule has 0 amide bonds. The molecule has 1 aromatic heterocycles. The molecule has 1 aliphatic rings. The van der Waals surface area contributed by atoms with Crippen molar-refractivity contribution in [3.05, 3.63) is 18.2 Å². The van der Waals surface area contributed by atoms with Crippen molar-refractivity contribution < 1.29 is 0 Å². The molecule has 14 heavy (non-hydrogen) atoms. The molecule has 2 rings (SSSR count). The molecule has 0 saturated carbocycles. The van der Waals surface area contributed by atoms with E-state index in [0.29, 0.717) is 5.92 Å². The zero-order valence-electron chi connectivity index (χ0n) is 9.03. The zero-order chi connectivity index (χ0) is 9.97. The SMILES string of the molecule is CCC1CNCCC1c1cncn1C. The maximum atomic E-state index is 4.21. The highest BCUT2D eigenvalue weighted by Gasteiger charge is 2.26. The van der Waals surface area contributed by atoms with Gasteiger partial charge in [-0.3, -0.25) is 0 Å². The van der Waals surface area contributed by atoms with E-state index in [1.165, 1.54) is 18.5 Å². The molecular formula is C11H19N3. The van der Waals surface area contributed by atoms with Crippen molar-refractivity contribution in [1.82, 2.24) is 14.9 Å². The molecular weight excluding hydrogens is 174 g/mol. The van der Waals surface area contributed by atoms with Crippen LogP contribution >= 0.6 is 0 Å². The Balaban J connectivity index is 2.19. The van der Waals surface area contributed by atoms with E-state index in [1.54, 1.807) is 0 Å². The third-order valence-corrected chi connectivity index (χ3v) is 3.37. The lowest BCUT2D eigenvalue weighted by Crippen LogP contribution is -2.35. The predicted molar refractivity (Wildman–Crippen MR) is 57.2 cm³/mol. The molecule has 2 heterocycles. The highest BCUT2D eigenvalue weighted by atomic mass is 15.0. The summed E-state index contributed by atoms with van der Waals surface area (Å²) < 4.78 is 2.17. The Labute approximate surface area is 85.5 Å². The molecule has 0 spiro atoms. The zero-order valence-corrected chi connectivity index (χ0v) is 9.03. The molecule has 0 bridgehead atoms. The molecule has 0 radical (unpaired) electrons. The lowest BCUT2D eigenvalue weighted by molar-refractivity contribution is 0.309. The summed E-state index contributed by atoms with van der Waals surface area (Å²) in [6.45, 7) is 4.58. The predicted octanol–water partition coefficient (Wildman–Crippen LogP) is 1.52. The van der Waals surface area contributed by atoms with Crippen molar-refractivity contribution in [2.45, 2.75) is 25.7 Å². The van der Waals surface area contributed by atoms with Gasteiger partial charge in [-0.1, -0.05) is 13.3 Å². The van der Waals surface area contributed by atoms with Gasteiger partial charge in [-0.25, -0.2) is 4.98 Å². The second-order valence-electron chi connectivity index (χ2n) is 4.20. The van der Waals surface area contributed by atoms with Gasteiger partial charge in [0.1, 0.15) is 0 Å². The van der Waals surface area contributed by atoms with Crippen LogP contribution in [0.15, 0.2) is 12.5 Å². The van der Waals surface area contributed by atoms with Crippen LogP contribution in [0.5, 0.6) is 0 Å². The molecule has 1 saturated heterocycles. The summed E-state index contributed by atoms with van der Waals surface area (Å²) in [5, 5.41) is 3.47. The van der Waals surface area contributed by atoms with E-state index in [2.05, 4.69) is 28.8 Å². The first-order valence-corrected chi connectivity index (χ1v) is 5.50. The van der Waals surface area contributed by atoms with Gasteiger partial charge in [0.05, 0.1) is 6.33 Å². The van der Waals surface area contributed by atoms with Crippen LogP contribution in [0.4, 0.5) is 0 Å². The Morgan fingerprint density at radius 2 is 2.50 bits per heavy atom. The number of hydrogen-bond donors (Lipinski definition) is 1. The Morgan fingerprint density at radius 3 is 3.14 bits per heavy atom. The van der Waals surface area contributed by atoms with Gasteiger partial charge in [-0.2, -0.15) is 0 Å². The molecule has 0 aromatic carbocycles. The lowest BCUT2D eigenvalue weighted by atomic mass is 9.82. The summed E-state index contributed by atoms with van der Waals surface area (Å²) in [7, 11) is 2.09. The Bertz CT molecular complexity index is 292. The molecule has 0 aliphatic carbocycles.